The quantitative estimate of drug-likeness (QED) is 0.803. The van der Waals surface area contributed by atoms with Crippen LogP contribution in [0.25, 0.3) is 0 Å². The van der Waals surface area contributed by atoms with Crippen LogP contribution in [0.4, 0.5) is 0 Å². The van der Waals surface area contributed by atoms with Crippen molar-refractivity contribution in [2.45, 2.75) is 6.10 Å². The minimum Gasteiger partial charge on any atom is -0.458 e. The molecule has 4 nitrogen and oxygen atoms in total. The highest BCUT2D eigenvalue weighted by atomic mass is 16.6. The lowest BCUT2D eigenvalue weighted by Crippen LogP contribution is -2.13. The van der Waals surface area contributed by atoms with Crippen LogP contribution in [0.2, 0.25) is 0 Å². The molecule has 1 atom stereocenters. The molecule has 2 aromatic carbocycles. The van der Waals surface area contributed by atoms with Crippen LogP contribution < -0.4 is 0 Å². The van der Waals surface area contributed by atoms with Gasteiger partial charge in [0.15, 0.2) is 6.10 Å². The molecule has 3 rings (SSSR count). The zero-order valence-corrected chi connectivity index (χ0v) is 10.6. The number of cyclic esters (lactones) is 1. The summed E-state index contributed by atoms with van der Waals surface area (Å²) in [7, 11) is 0. The van der Waals surface area contributed by atoms with Gasteiger partial charge in [-0.05, 0) is 18.2 Å². The predicted octanol–water partition coefficient (Wildman–Crippen LogP) is 2.76. The molecule has 0 aliphatic carbocycles. The molecule has 0 N–H and O–H groups in total. The van der Waals surface area contributed by atoms with Gasteiger partial charge in [-0.15, -0.1) is 0 Å². The summed E-state index contributed by atoms with van der Waals surface area (Å²) >= 11 is 0. The molecule has 0 saturated carbocycles. The van der Waals surface area contributed by atoms with Crippen LogP contribution in [0.5, 0.6) is 0 Å². The van der Waals surface area contributed by atoms with Gasteiger partial charge in [-0.1, -0.05) is 36.4 Å². The summed E-state index contributed by atoms with van der Waals surface area (Å²) in [6.45, 7) is 0.0243. The number of rotatable bonds is 3. The Morgan fingerprint density at radius 1 is 1.05 bits per heavy atom. The Morgan fingerprint density at radius 2 is 1.75 bits per heavy atom. The highest BCUT2D eigenvalue weighted by Crippen LogP contribution is 2.30. The van der Waals surface area contributed by atoms with Gasteiger partial charge in [0.05, 0.1) is 11.1 Å². The largest absolute Gasteiger partial charge is 0.458 e. The second kappa shape index (κ2) is 5.17. The van der Waals surface area contributed by atoms with Crippen molar-refractivity contribution < 1.29 is 19.1 Å². The summed E-state index contributed by atoms with van der Waals surface area (Å²) in [5, 5.41) is 0. The molecule has 0 radical (unpaired) electrons. The molecule has 0 spiro atoms. The monoisotopic (exact) mass is 268 g/mol. The lowest BCUT2D eigenvalue weighted by atomic mass is 10.1. The van der Waals surface area contributed by atoms with Crippen LogP contribution in [0.1, 0.15) is 32.4 Å². The van der Waals surface area contributed by atoms with Gasteiger partial charge >= 0.3 is 11.9 Å². The molecule has 1 aliphatic heterocycles. The molecule has 0 fully saturated rings. The second-order valence-electron chi connectivity index (χ2n) is 4.45. The maximum atomic E-state index is 11.8. The van der Waals surface area contributed by atoms with E-state index in [0.717, 1.165) is 5.56 Å². The van der Waals surface area contributed by atoms with Crippen LogP contribution in [0, 0.1) is 0 Å². The van der Waals surface area contributed by atoms with E-state index in [2.05, 4.69) is 0 Å². The minimum absolute atomic E-state index is 0.0243. The van der Waals surface area contributed by atoms with Crippen molar-refractivity contribution in [2.24, 2.45) is 0 Å². The second-order valence-corrected chi connectivity index (χ2v) is 4.45. The molecule has 20 heavy (non-hydrogen) atoms. The van der Waals surface area contributed by atoms with Crippen LogP contribution >= 0.6 is 0 Å². The number of esters is 2. The number of fused-ring (bicyclic) bond motifs is 1. The SMILES string of the molecule is O=C(OCC1OC(=O)c2ccccc21)c1ccccc1. The zero-order valence-electron chi connectivity index (χ0n) is 10.6. The van der Waals surface area contributed by atoms with Crippen molar-refractivity contribution in [2.75, 3.05) is 6.61 Å². The fraction of sp³-hybridized carbons (Fsp3) is 0.125. The number of carbonyl (C=O) groups excluding carboxylic acids is 2. The summed E-state index contributed by atoms with van der Waals surface area (Å²) in [5.74, 6) is -0.799. The highest BCUT2D eigenvalue weighted by Gasteiger charge is 2.31. The minimum atomic E-state index is -0.522. The lowest BCUT2D eigenvalue weighted by molar-refractivity contribution is 0.00647. The van der Waals surface area contributed by atoms with Crippen molar-refractivity contribution in [3.8, 4) is 0 Å². The average Bonchev–Trinajstić information content (AvgIpc) is 2.83. The average molecular weight is 268 g/mol. The Labute approximate surface area is 115 Å². The van der Waals surface area contributed by atoms with Gasteiger partial charge in [-0.2, -0.15) is 0 Å². The zero-order chi connectivity index (χ0) is 13.9. The first-order valence-corrected chi connectivity index (χ1v) is 6.28. The van der Waals surface area contributed by atoms with Crippen LogP contribution in [0.3, 0.4) is 0 Å². The Bertz CT molecular complexity index is 649. The van der Waals surface area contributed by atoms with E-state index in [0.29, 0.717) is 11.1 Å². The van der Waals surface area contributed by atoms with Gasteiger partial charge in [0.2, 0.25) is 0 Å². The lowest BCUT2D eigenvalue weighted by Gasteiger charge is -2.11. The number of carbonyl (C=O) groups is 2. The Hall–Kier alpha value is -2.62. The summed E-state index contributed by atoms with van der Waals surface area (Å²) in [4.78, 5) is 23.5. The van der Waals surface area contributed by atoms with Gasteiger partial charge in [0, 0.05) is 5.56 Å². The third-order valence-electron chi connectivity index (χ3n) is 3.15. The van der Waals surface area contributed by atoms with Gasteiger partial charge in [0.1, 0.15) is 6.61 Å². The smallest absolute Gasteiger partial charge is 0.339 e. The van der Waals surface area contributed by atoms with Crippen molar-refractivity contribution in [3.05, 3.63) is 71.3 Å². The molecule has 0 saturated heterocycles. The van der Waals surface area contributed by atoms with E-state index >= 15 is 0 Å². The van der Waals surface area contributed by atoms with Gasteiger partial charge in [-0.25, -0.2) is 9.59 Å². The molecule has 2 aromatic rings. The third-order valence-corrected chi connectivity index (χ3v) is 3.15. The standard InChI is InChI=1S/C16H12O4/c17-15(11-6-2-1-3-7-11)19-10-14-12-8-4-5-9-13(12)16(18)20-14/h1-9,14H,10H2. The molecule has 1 heterocycles. The van der Waals surface area contributed by atoms with Crippen molar-refractivity contribution in [3.63, 3.8) is 0 Å². The first-order chi connectivity index (χ1) is 9.75. The highest BCUT2D eigenvalue weighted by molar-refractivity contribution is 5.94. The molecular weight excluding hydrogens is 256 g/mol. The van der Waals surface area contributed by atoms with Crippen LogP contribution in [-0.2, 0) is 9.47 Å². The number of hydrogen-bond acceptors (Lipinski definition) is 4. The van der Waals surface area contributed by atoms with Crippen molar-refractivity contribution in [1.29, 1.82) is 0 Å². The third kappa shape index (κ3) is 2.28. The molecule has 0 bridgehead atoms. The predicted molar refractivity (Wildman–Crippen MR) is 71.3 cm³/mol. The van der Waals surface area contributed by atoms with E-state index in [1.807, 2.05) is 12.1 Å². The molecule has 1 unspecified atom stereocenters. The maximum Gasteiger partial charge on any atom is 0.339 e. The van der Waals surface area contributed by atoms with Crippen molar-refractivity contribution in [1.82, 2.24) is 0 Å². The summed E-state index contributed by atoms with van der Waals surface area (Å²) in [6.07, 6.45) is -0.522. The number of hydrogen-bond donors (Lipinski definition) is 0. The Balaban J connectivity index is 1.69. The number of benzene rings is 2. The molecule has 0 aromatic heterocycles. The molecule has 4 heteroatoms. The van der Waals surface area contributed by atoms with Gasteiger partial charge < -0.3 is 9.47 Å². The van der Waals surface area contributed by atoms with E-state index in [1.54, 1.807) is 42.5 Å². The molecule has 0 amide bonds. The fourth-order valence-electron chi connectivity index (χ4n) is 2.15. The van der Waals surface area contributed by atoms with E-state index in [9.17, 15) is 9.59 Å². The van der Waals surface area contributed by atoms with Crippen LogP contribution in [0.15, 0.2) is 54.6 Å². The summed E-state index contributed by atoms with van der Waals surface area (Å²) in [5.41, 5.74) is 1.77. The Kier molecular flexibility index (Phi) is 3.21. The Morgan fingerprint density at radius 3 is 2.55 bits per heavy atom. The normalized spacial score (nSPS) is 16.4. The topological polar surface area (TPSA) is 52.6 Å². The fourth-order valence-corrected chi connectivity index (χ4v) is 2.15. The van der Waals surface area contributed by atoms with Gasteiger partial charge in [0.25, 0.3) is 0 Å². The van der Waals surface area contributed by atoms with E-state index in [4.69, 9.17) is 9.47 Å². The number of ether oxygens (including phenoxy) is 2. The van der Waals surface area contributed by atoms with Gasteiger partial charge in [-0.3, -0.25) is 0 Å². The molecule has 100 valence electrons. The van der Waals surface area contributed by atoms with E-state index < -0.39 is 12.1 Å². The van der Waals surface area contributed by atoms with E-state index in [-0.39, 0.29) is 12.6 Å². The summed E-state index contributed by atoms with van der Waals surface area (Å²) in [6, 6.07) is 15.8. The summed E-state index contributed by atoms with van der Waals surface area (Å²) < 4.78 is 10.4. The first kappa shape index (κ1) is 12.4. The van der Waals surface area contributed by atoms with E-state index in [1.165, 1.54) is 0 Å². The van der Waals surface area contributed by atoms with Crippen LogP contribution in [-0.4, -0.2) is 18.5 Å². The first-order valence-electron chi connectivity index (χ1n) is 6.28. The molecule has 1 aliphatic rings. The maximum absolute atomic E-state index is 11.8. The van der Waals surface area contributed by atoms with Crippen molar-refractivity contribution >= 4 is 11.9 Å². The molecular formula is C16H12O4.